The Morgan fingerprint density at radius 1 is 1.11 bits per heavy atom. The van der Waals surface area contributed by atoms with Crippen molar-refractivity contribution in [2.45, 2.75) is 26.9 Å². The van der Waals surface area contributed by atoms with Crippen LogP contribution < -0.4 is 0 Å². The third kappa shape index (κ3) is 2.14. The molecule has 96 valence electrons. The number of benzene rings is 2. The van der Waals surface area contributed by atoms with E-state index in [2.05, 4.69) is 31.2 Å². The third-order valence-corrected chi connectivity index (χ3v) is 3.68. The Morgan fingerprint density at radius 3 is 2.63 bits per heavy atom. The molecule has 1 amide bonds. The van der Waals surface area contributed by atoms with Crippen molar-refractivity contribution in [2.75, 3.05) is 0 Å². The summed E-state index contributed by atoms with van der Waals surface area (Å²) in [5, 5.41) is 0. The molecule has 0 fully saturated rings. The number of hydrogen-bond acceptors (Lipinski definition) is 1. The van der Waals surface area contributed by atoms with Gasteiger partial charge in [-0.05, 0) is 30.5 Å². The van der Waals surface area contributed by atoms with Gasteiger partial charge in [0.1, 0.15) is 0 Å². The molecule has 0 saturated carbocycles. The first-order valence-electron chi connectivity index (χ1n) is 6.58. The molecule has 1 aliphatic rings. The van der Waals surface area contributed by atoms with Crippen molar-refractivity contribution in [1.29, 1.82) is 0 Å². The molecule has 0 aromatic heterocycles. The number of carbonyl (C=O) groups is 1. The largest absolute Gasteiger partial charge is 0.330 e. The van der Waals surface area contributed by atoms with E-state index >= 15 is 0 Å². The maximum atomic E-state index is 12.4. The van der Waals surface area contributed by atoms with Gasteiger partial charge in [0.05, 0.1) is 0 Å². The number of fused-ring (bicyclic) bond motifs is 1. The molecule has 19 heavy (non-hydrogen) atoms. The zero-order chi connectivity index (χ0) is 13.4. The highest BCUT2D eigenvalue weighted by molar-refractivity contribution is 5.99. The Kier molecular flexibility index (Phi) is 2.86. The predicted octanol–water partition coefficient (Wildman–Crippen LogP) is 3.46. The molecule has 0 aliphatic carbocycles. The minimum atomic E-state index is 0.162. The lowest BCUT2D eigenvalue weighted by molar-refractivity contribution is 0.0766. The van der Waals surface area contributed by atoms with Crippen LogP contribution in [0.5, 0.6) is 0 Å². The average Bonchev–Trinajstić information content (AvgIpc) is 2.68. The highest BCUT2D eigenvalue weighted by Gasteiger charge is 2.28. The van der Waals surface area contributed by atoms with Crippen LogP contribution in [0.25, 0.3) is 0 Å². The highest BCUT2D eigenvalue weighted by atomic mass is 16.2. The van der Waals surface area contributed by atoms with Crippen LogP contribution in [0, 0.1) is 13.8 Å². The Bertz CT molecular complexity index is 645. The fourth-order valence-corrected chi connectivity index (χ4v) is 2.76. The zero-order valence-electron chi connectivity index (χ0n) is 11.3. The number of aryl methyl sites for hydroxylation is 2. The highest BCUT2D eigenvalue weighted by Crippen LogP contribution is 2.26. The summed E-state index contributed by atoms with van der Waals surface area (Å²) in [6, 6.07) is 14.4. The zero-order valence-corrected chi connectivity index (χ0v) is 11.3. The quantitative estimate of drug-likeness (QED) is 0.800. The van der Waals surface area contributed by atoms with E-state index in [-0.39, 0.29) is 5.91 Å². The van der Waals surface area contributed by atoms with Crippen molar-refractivity contribution < 1.29 is 4.79 Å². The van der Waals surface area contributed by atoms with Gasteiger partial charge in [-0.15, -0.1) is 0 Å². The lowest BCUT2D eigenvalue weighted by Gasteiger charge is -2.16. The molecule has 1 heterocycles. The summed E-state index contributed by atoms with van der Waals surface area (Å²) in [6.45, 7) is 5.50. The Morgan fingerprint density at radius 2 is 1.89 bits per heavy atom. The van der Waals surface area contributed by atoms with Crippen molar-refractivity contribution >= 4 is 5.91 Å². The van der Waals surface area contributed by atoms with Crippen LogP contribution in [0.3, 0.4) is 0 Å². The van der Waals surface area contributed by atoms with Crippen molar-refractivity contribution in [2.24, 2.45) is 0 Å². The second kappa shape index (κ2) is 4.54. The van der Waals surface area contributed by atoms with Gasteiger partial charge in [0.2, 0.25) is 0 Å². The van der Waals surface area contributed by atoms with E-state index in [0.717, 1.165) is 23.2 Å². The van der Waals surface area contributed by atoms with Crippen molar-refractivity contribution in [3.63, 3.8) is 0 Å². The molecule has 0 unspecified atom stereocenters. The van der Waals surface area contributed by atoms with E-state index < -0.39 is 0 Å². The molecule has 0 N–H and O–H groups in total. The Labute approximate surface area is 113 Å². The van der Waals surface area contributed by atoms with Crippen LogP contribution in [0.4, 0.5) is 0 Å². The number of hydrogen-bond donors (Lipinski definition) is 0. The van der Waals surface area contributed by atoms with Crippen LogP contribution in [-0.4, -0.2) is 10.8 Å². The second-order valence-electron chi connectivity index (χ2n) is 5.26. The normalized spacial score (nSPS) is 13.8. The molecule has 0 atom stereocenters. The maximum absolute atomic E-state index is 12.4. The Balaban J connectivity index is 1.87. The molecule has 3 rings (SSSR count). The van der Waals surface area contributed by atoms with Gasteiger partial charge in [0, 0.05) is 18.7 Å². The minimum Gasteiger partial charge on any atom is -0.330 e. The second-order valence-corrected chi connectivity index (χ2v) is 5.26. The minimum absolute atomic E-state index is 0.162. The van der Waals surface area contributed by atoms with Crippen LogP contribution >= 0.6 is 0 Å². The van der Waals surface area contributed by atoms with Gasteiger partial charge in [-0.2, -0.15) is 0 Å². The van der Waals surface area contributed by atoms with Crippen molar-refractivity contribution in [1.82, 2.24) is 4.90 Å². The molecule has 2 aromatic rings. The van der Waals surface area contributed by atoms with E-state index in [1.54, 1.807) is 0 Å². The van der Waals surface area contributed by atoms with Gasteiger partial charge in [-0.25, -0.2) is 0 Å². The van der Waals surface area contributed by atoms with E-state index in [1.165, 1.54) is 11.1 Å². The summed E-state index contributed by atoms with van der Waals surface area (Å²) in [4.78, 5) is 14.4. The van der Waals surface area contributed by atoms with Gasteiger partial charge < -0.3 is 4.90 Å². The number of carbonyl (C=O) groups excluding carboxylic acids is 1. The summed E-state index contributed by atoms with van der Waals surface area (Å²) in [6.07, 6.45) is 0. The molecule has 0 radical (unpaired) electrons. The van der Waals surface area contributed by atoms with Gasteiger partial charge in [-0.3, -0.25) is 4.79 Å². The molecule has 2 nitrogen and oxygen atoms in total. The molecule has 0 saturated heterocycles. The lowest BCUT2D eigenvalue weighted by Crippen LogP contribution is -2.23. The standard InChI is InChI=1S/C17H17NO/c1-12-5-3-7-14(9-12)10-18-11-15-8-4-6-13(2)16(15)17(18)19/h3-9H,10-11H2,1-2H3. The molecule has 0 spiro atoms. The maximum Gasteiger partial charge on any atom is 0.255 e. The van der Waals surface area contributed by atoms with E-state index in [1.807, 2.05) is 30.0 Å². The summed E-state index contributed by atoms with van der Waals surface area (Å²) in [7, 11) is 0. The smallest absolute Gasteiger partial charge is 0.255 e. The first-order valence-corrected chi connectivity index (χ1v) is 6.58. The van der Waals surface area contributed by atoms with Crippen LogP contribution in [-0.2, 0) is 13.1 Å². The first kappa shape index (κ1) is 12.0. The third-order valence-electron chi connectivity index (χ3n) is 3.68. The van der Waals surface area contributed by atoms with Crippen molar-refractivity contribution in [3.05, 3.63) is 70.3 Å². The van der Waals surface area contributed by atoms with Gasteiger partial charge in [0.25, 0.3) is 5.91 Å². The predicted molar refractivity (Wildman–Crippen MR) is 75.9 cm³/mol. The van der Waals surface area contributed by atoms with E-state index in [0.29, 0.717) is 6.54 Å². The number of rotatable bonds is 2. The topological polar surface area (TPSA) is 20.3 Å². The first-order chi connectivity index (χ1) is 9.15. The van der Waals surface area contributed by atoms with E-state index in [9.17, 15) is 4.79 Å². The Hall–Kier alpha value is -2.09. The van der Waals surface area contributed by atoms with Crippen molar-refractivity contribution in [3.8, 4) is 0 Å². The molecule has 2 heteroatoms. The monoisotopic (exact) mass is 251 g/mol. The molecular weight excluding hydrogens is 234 g/mol. The van der Waals surface area contributed by atoms with Gasteiger partial charge in [-0.1, -0.05) is 48.0 Å². The SMILES string of the molecule is Cc1cccc(CN2Cc3cccc(C)c3C2=O)c1. The van der Waals surface area contributed by atoms with Crippen LogP contribution in [0.15, 0.2) is 42.5 Å². The lowest BCUT2D eigenvalue weighted by atomic mass is 10.0. The van der Waals surface area contributed by atoms with E-state index in [4.69, 9.17) is 0 Å². The number of amides is 1. The average molecular weight is 251 g/mol. The van der Waals surface area contributed by atoms with Gasteiger partial charge in [0.15, 0.2) is 0 Å². The molecule has 1 aliphatic heterocycles. The molecular formula is C17H17NO. The van der Waals surface area contributed by atoms with Crippen LogP contribution in [0.1, 0.15) is 32.6 Å². The number of nitrogens with zero attached hydrogens (tertiary/aromatic N) is 1. The summed E-state index contributed by atoms with van der Waals surface area (Å²) in [5.41, 5.74) is 5.55. The summed E-state index contributed by atoms with van der Waals surface area (Å²) < 4.78 is 0. The fraction of sp³-hybridized carbons (Fsp3) is 0.235. The van der Waals surface area contributed by atoms with Crippen LogP contribution in [0.2, 0.25) is 0 Å². The molecule has 2 aromatic carbocycles. The summed E-state index contributed by atoms with van der Waals surface area (Å²) in [5.74, 6) is 0.162. The summed E-state index contributed by atoms with van der Waals surface area (Å²) >= 11 is 0. The fourth-order valence-electron chi connectivity index (χ4n) is 2.76. The van der Waals surface area contributed by atoms with Gasteiger partial charge >= 0.3 is 0 Å². The molecule has 0 bridgehead atoms.